The van der Waals surface area contributed by atoms with Crippen molar-refractivity contribution >= 4 is 20.2 Å². The topological polar surface area (TPSA) is 104 Å². The summed E-state index contributed by atoms with van der Waals surface area (Å²) in [6.07, 6.45) is 1.89. The summed E-state index contributed by atoms with van der Waals surface area (Å²) in [6, 6.07) is 0. The van der Waals surface area contributed by atoms with Crippen molar-refractivity contribution in [2.45, 2.75) is 12.8 Å². The van der Waals surface area contributed by atoms with Crippen LogP contribution in [-0.4, -0.2) is 26.2 Å². The van der Waals surface area contributed by atoms with Crippen LogP contribution in [0.1, 0.15) is 12.8 Å². The molecule has 0 aliphatic rings. The van der Waals surface area contributed by atoms with Gasteiger partial charge in [0.25, 0.3) is 0 Å². The Morgan fingerprint density at radius 1 is 0.692 bits per heavy atom. The van der Waals surface area contributed by atoms with Crippen LogP contribution in [0, 0.1) is 0 Å². The first kappa shape index (κ1) is 19.5. The Morgan fingerprint density at radius 2 is 0.846 bits per heavy atom. The van der Waals surface area contributed by atoms with E-state index in [1.54, 1.807) is 0 Å². The molecular formula is C6H20Cl2CuN4. The maximum atomic E-state index is 5.06. The van der Waals surface area contributed by atoms with Crippen LogP contribution >= 0.6 is 20.2 Å². The van der Waals surface area contributed by atoms with E-state index in [0.717, 1.165) is 52.2 Å². The summed E-state index contributed by atoms with van der Waals surface area (Å²) in [5.74, 6) is 0. The van der Waals surface area contributed by atoms with E-state index in [9.17, 15) is 0 Å². The third-order valence-electron chi connectivity index (χ3n) is 0.816. The van der Waals surface area contributed by atoms with Crippen LogP contribution in [0.15, 0.2) is 0 Å². The van der Waals surface area contributed by atoms with Gasteiger partial charge in [0.15, 0.2) is 0 Å². The fourth-order valence-electron chi connectivity index (χ4n) is 0.236. The number of hydrogen-bond acceptors (Lipinski definition) is 4. The molecule has 0 atom stereocenters. The molecule has 7 heteroatoms. The van der Waals surface area contributed by atoms with E-state index < -0.39 is 0 Å². The van der Waals surface area contributed by atoms with Gasteiger partial charge >= 0.3 is 33.3 Å². The first-order valence-electron chi connectivity index (χ1n) is 3.86. The molecular weight excluding hydrogens is 263 g/mol. The maximum absolute atomic E-state index is 5.06. The minimum absolute atomic E-state index is 0.719. The predicted octanol–water partition coefficient (Wildman–Crippen LogP) is -0.0357. The third kappa shape index (κ3) is 63.5. The molecule has 0 spiro atoms. The van der Waals surface area contributed by atoms with Gasteiger partial charge in [-0.15, -0.1) is 0 Å². The number of rotatable bonds is 4. The van der Waals surface area contributed by atoms with Gasteiger partial charge in [-0.05, 0) is 39.0 Å². The van der Waals surface area contributed by atoms with E-state index in [1.807, 2.05) is 0 Å². The van der Waals surface area contributed by atoms with E-state index in [1.165, 1.54) is 0 Å². The molecule has 0 rings (SSSR count). The van der Waals surface area contributed by atoms with Crippen molar-refractivity contribution in [1.82, 2.24) is 0 Å². The first-order valence-corrected chi connectivity index (χ1v) is 6.45. The summed E-state index contributed by atoms with van der Waals surface area (Å²) < 4.78 is 0. The first-order chi connectivity index (χ1) is 6.24. The normalized spacial score (nSPS) is 8.15. The molecule has 0 radical (unpaired) electrons. The van der Waals surface area contributed by atoms with E-state index in [4.69, 9.17) is 22.9 Å². The second kappa shape index (κ2) is 29.3. The van der Waals surface area contributed by atoms with Crippen LogP contribution < -0.4 is 22.9 Å². The Hall–Kier alpha value is 0.939. The van der Waals surface area contributed by atoms with Crippen LogP contribution in [0.25, 0.3) is 0 Å². The van der Waals surface area contributed by atoms with Gasteiger partial charge < -0.3 is 22.9 Å². The Bertz CT molecular complexity index is 51.9. The fourth-order valence-corrected chi connectivity index (χ4v) is 0.236. The van der Waals surface area contributed by atoms with E-state index in [2.05, 4.69) is 20.2 Å². The summed E-state index contributed by atoms with van der Waals surface area (Å²) in [5.41, 5.74) is 20.2. The average Bonchev–Trinajstić information content (AvgIpc) is 2.09. The second-order valence-electron chi connectivity index (χ2n) is 1.90. The van der Waals surface area contributed by atoms with E-state index in [0.29, 0.717) is 0 Å². The molecule has 0 heterocycles. The second-order valence-corrected chi connectivity index (χ2v) is 3.46. The van der Waals surface area contributed by atoms with Gasteiger partial charge in [-0.3, -0.25) is 0 Å². The zero-order valence-corrected chi connectivity index (χ0v) is 10.1. The zero-order chi connectivity index (χ0) is 10.9. The molecule has 4 nitrogen and oxygen atoms in total. The molecule has 0 fully saturated rings. The van der Waals surface area contributed by atoms with Crippen molar-refractivity contribution < 1.29 is 13.1 Å². The van der Waals surface area contributed by atoms with Gasteiger partial charge in [-0.25, -0.2) is 0 Å². The quantitative estimate of drug-likeness (QED) is 0.543. The number of hydrogen-bond donors (Lipinski definition) is 4. The molecule has 0 aromatic carbocycles. The van der Waals surface area contributed by atoms with Gasteiger partial charge in [0.1, 0.15) is 0 Å². The van der Waals surface area contributed by atoms with Crippen LogP contribution in [0.5, 0.6) is 0 Å². The SMILES string of the molecule is NCCCN.NCCCN.[Cl][Cu][Cl]. The summed E-state index contributed by atoms with van der Waals surface area (Å²) >= 11 is 0.757. The van der Waals surface area contributed by atoms with Crippen molar-refractivity contribution in [1.29, 1.82) is 0 Å². The summed E-state index contributed by atoms with van der Waals surface area (Å²) in [6.45, 7) is 2.88. The number of nitrogens with two attached hydrogens (primary N) is 4. The molecule has 0 amide bonds. The number of halogens is 2. The van der Waals surface area contributed by atoms with Crippen molar-refractivity contribution in [2.75, 3.05) is 26.2 Å². The summed E-state index contributed by atoms with van der Waals surface area (Å²) in [4.78, 5) is 0. The Kier molecular flexibility index (Phi) is 43.9. The van der Waals surface area contributed by atoms with Gasteiger partial charge in [0.2, 0.25) is 0 Å². The van der Waals surface area contributed by atoms with E-state index >= 15 is 0 Å². The monoisotopic (exact) mass is 281 g/mol. The molecule has 0 aromatic heterocycles. The van der Waals surface area contributed by atoms with Crippen molar-refractivity contribution in [3.63, 3.8) is 0 Å². The van der Waals surface area contributed by atoms with Crippen molar-refractivity contribution in [3.05, 3.63) is 0 Å². The van der Waals surface area contributed by atoms with Crippen molar-refractivity contribution in [2.24, 2.45) is 22.9 Å². The molecule has 89 valence electrons. The standard InChI is InChI=1S/2C3H10N2.2ClH.Cu/c2*4-2-1-3-5;;;/h2*1-5H2;2*1H;/q;;;;+2/p-2. The van der Waals surface area contributed by atoms with Crippen LogP contribution in [-0.2, 0) is 13.1 Å². The minimum atomic E-state index is 0.719. The Morgan fingerprint density at radius 3 is 0.846 bits per heavy atom. The van der Waals surface area contributed by atoms with Gasteiger partial charge in [-0.1, -0.05) is 0 Å². The zero-order valence-electron chi connectivity index (χ0n) is 7.61. The molecule has 13 heavy (non-hydrogen) atoms. The van der Waals surface area contributed by atoms with Gasteiger partial charge in [-0.2, -0.15) is 0 Å². The van der Waals surface area contributed by atoms with Crippen LogP contribution in [0.3, 0.4) is 0 Å². The summed E-state index contributed by atoms with van der Waals surface area (Å²) in [7, 11) is 9.34. The average molecular weight is 283 g/mol. The molecule has 0 bridgehead atoms. The molecule has 0 aromatic rings. The Labute approximate surface area is 95.3 Å². The molecule has 0 saturated carbocycles. The fraction of sp³-hybridized carbons (Fsp3) is 1.00. The van der Waals surface area contributed by atoms with Crippen LogP contribution in [0.2, 0.25) is 0 Å². The Balaban J connectivity index is -0.000000120. The predicted molar refractivity (Wildman–Crippen MR) is 57.2 cm³/mol. The molecule has 0 aliphatic heterocycles. The van der Waals surface area contributed by atoms with Crippen molar-refractivity contribution in [3.8, 4) is 0 Å². The molecule has 8 N–H and O–H groups in total. The third-order valence-corrected chi connectivity index (χ3v) is 0.816. The molecule has 0 aliphatic carbocycles. The van der Waals surface area contributed by atoms with E-state index in [-0.39, 0.29) is 0 Å². The van der Waals surface area contributed by atoms with Gasteiger partial charge in [0.05, 0.1) is 0 Å². The van der Waals surface area contributed by atoms with Crippen LogP contribution in [0.4, 0.5) is 0 Å². The molecule has 0 unspecified atom stereocenters. The summed E-state index contributed by atoms with van der Waals surface area (Å²) in [5, 5.41) is 0. The van der Waals surface area contributed by atoms with Gasteiger partial charge in [0, 0.05) is 0 Å². The molecule has 0 saturated heterocycles.